The molecule has 0 saturated heterocycles. The van der Waals surface area contributed by atoms with Crippen LogP contribution in [0.25, 0.3) is 0 Å². The van der Waals surface area contributed by atoms with E-state index in [1.807, 2.05) is 0 Å². The van der Waals surface area contributed by atoms with Crippen LogP contribution in [0, 0.1) is 0 Å². The highest BCUT2D eigenvalue weighted by Gasteiger charge is 2.23. The van der Waals surface area contributed by atoms with E-state index in [2.05, 4.69) is 6.07 Å². The number of aryl methyl sites for hydroxylation is 1. The molecule has 1 aromatic rings. The van der Waals surface area contributed by atoms with Gasteiger partial charge in [-0.3, -0.25) is 0 Å². The van der Waals surface area contributed by atoms with Gasteiger partial charge in [0.15, 0.2) is 0 Å². The predicted octanol–water partition coefficient (Wildman–Crippen LogP) is 2.39. The molecule has 11 heavy (non-hydrogen) atoms. The molecule has 0 spiro atoms. The van der Waals surface area contributed by atoms with E-state index in [9.17, 15) is 0 Å². The molecular weight excluding hydrogens is 178 g/mol. The lowest BCUT2D eigenvalue weighted by molar-refractivity contribution is 0.688. The summed E-state index contributed by atoms with van der Waals surface area (Å²) < 4.78 is 0.910. The van der Waals surface area contributed by atoms with Crippen LogP contribution in [0.5, 0.6) is 0 Å². The van der Waals surface area contributed by atoms with Crippen molar-refractivity contribution in [2.75, 3.05) is 6.54 Å². The van der Waals surface area contributed by atoms with Crippen molar-refractivity contribution < 1.29 is 0 Å². The molecule has 1 nitrogen and oxygen atoms in total. The SMILES string of the molecule is NCC1CCc2sc(Cl)cc21. The largest absolute Gasteiger partial charge is 0.330 e. The Balaban J connectivity index is 2.37. The maximum atomic E-state index is 5.88. The number of hydrogen-bond donors (Lipinski definition) is 1. The Morgan fingerprint density at radius 1 is 1.73 bits per heavy atom. The molecule has 0 saturated carbocycles. The highest BCUT2D eigenvalue weighted by atomic mass is 35.5. The molecule has 1 aliphatic rings. The van der Waals surface area contributed by atoms with Crippen LogP contribution in [-0.4, -0.2) is 6.54 Å². The Morgan fingerprint density at radius 3 is 3.27 bits per heavy atom. The standard InChI is InChI=1S/C8H10ClNS/c9-8-3-6-5(4-10)1-2-7(6)11-8/h3,5H,1-2,4,10H2. The number of rotatable bonds is 1. The molecule has 0 radical (unpaired) electrons. The monoisotopic (exact) mass is 187 g/mol. The lowest BCUT2D eigenvalue weighted by Crippen LogP contribution is -2.08. The van der Waals surface area contributed by atoms with E-state index in [0.717, 1.165) is 10.9 Å². The zero-order valence-corrected chi connectivity index (χ0v) is 7.71. The number of thiophene rings is 1. The number of hydrogen-bond acceptors (Lipinski definition) is 2. The Hall–Kier alpha value is -0.0500. The van der Waals surface area contributed by atoms with Crippen LogP contribution < -0.4 is 5.73 Å². The van der Waals surface area contributed by atoms with Gasteiger partial charge in [0.25, 0.3) is 0 Å². The van der Waals surface area contributed by atoms with Crippen LogP contribution in [0.1, 0.15) is 22.8 Å². The average molecular weight is 188 g/mol. The fourth-order valence-corrected chi connectivity index (χ4v) is 3.04. The third kappa shape index (κ3) is 1.19. The van der Waals surface area contributed by atoms with Crippen molar-refractivity contribution in [1.82, 2.24) is 0 Å². The Kier molecular flexibility index (Phi) is 1.91. The molecule has 60 valence electrons. The summed E-state index contributed by atoms with van der Waals surface area (Å²) in [4.78, 5) is 1.45. The van der Waals surface area contributed by atoms with Gasteiger partial charge in [0.1, 0.15) is 0 Å². The van der Waals surface area contributed by atoms with E-state index in [0.29, 0.717) is 5.92 Å². The Labute approximate surface area is 75.2 Å². The van der Waals surface area contributed by atoms with E-state index in [1.54, 1.807) is 11.3 Å². The third-order valence-corrected chi connectivity index (χ3v) is 3.60. The predicted molar refractivity (Wildman–Crippen MR) is 49.4 cm³/mol. The quantitative estimate of drug-likeness (QED) is 0.718. The van der Waals surface area contributed by atoms with Crippen LogP contribution in [0.2, 0.25) is 4.34 Å². The fraction of sp³-hybridized carbons (Fsp3) is 0.500. The summed E-state index contributed by atoms with van der Waals surface area (Å²) in [7, 11) is 0. The van der Waals surface area contributed by atoms with E-state index in [1.165, 1.54) is 23.3 Å². The minimum Gasteiger partial charge on any atom is -0.330 e. The topological polar surface area (TPSA) is 26.0 Å². The first kappa shape index (κ1) is 7.59. The highest BCUT2D eigenvalue weighted by Crippen LogP contribution is 2.39. The summed E-state index contributed by atoms with van der Waals surface area (Å²) in [5, 5.41) is 0. The molecule has 0 aromatic carbocycles. The second kappa shape index (κ2) is 2.77. The van der Waals surface area contributed by atoms with Crippen LogP contribution in [-0.2, 0) is 6.42 Å². The van der Waals surface area contributed by atoms with Crippen molar-refractivity contribution in [3.8, 4) is 0 Å². The smallest absolute Gasteiger partial charge is 0.0934 e. The van der Waals surface area contributed by atoms with Crippen molar-refractivity contribution in [2.24, 2.45) is 5.73 Å². The molecule has 0 fully saturated rings. The average Bonchev–Trinajstić information content (AvgIpc) is 2.45. The maximum Gasteiger partial charge on any atom is 0.0934 e. The molecule has 2 rings (SSSR count). The van der Waals surface area contributed by atoms with Crippen LogP contribution in [0.4, 0.5) is 0 Å². The molecule has 2 N–H and O–H groups in total. The molecule has 0 amide bonds. The van der Waals surface area contributed by atoms with Crippen LogP contribution in [0.3, 0.4) is 0 Å². The zero-order valence-electron chi connectivity index (χ0n) is 6.14. The highest BCUT2D eigenvalue weighted by molar-refractivity contribution is 7.16. The summed E-state index contributed by atoms with van der Waals surface area (Å²) in [5.74, 6) is 0.578. The van der Waals surface area contributed by atoms with E-state index in [-0.39, 0.29) is 0 Å². The molecule has 1 atom stereocenters. The van der Waals surface area contributed by atoms with Crippen LogP contribution >= 0.6 is 22.9 Å². The normalized spacial score (nSPS) is 22.2. The van der Waals surface area contributed by atoms with Gasteiger partial charge in [-0.05, 0) is 36.9 Å². The first-order chi connectivity index (χ1) is 5.31. The van der Waals surface area contributed by atoms with Crippen LogP contribution in [0.15, 0.2) is 6.07 Å². The maximum absolute atomic E-state index is 5.88. The second-order valence-corrected chi connectivity index (χ2v) is 4.67. The molecule has 1 heterocycles. The number of nitrogens with two attached hydrogens (primary N) is 1. The zero-order chi connectivity index (χ0) is 7.84. The van der Waals surface area contributed by atoms with Gasteiger partial charge in [0.2, 0.25) is 0 Å². The summed E-state index contributed by atoms with van der Waals surface area (Å²) >= 11 is 7.58. The van der Waals surface area contributed by atoms with Gasteiger partial charge < -0.3 is 5.73 Å². The number of fused-ring (bicyclic) bond motifs is 1. The molecular formula is C8H10ClNS. The summed E-state index contributed by atoms with van der Waals surface area (Å²) in [5.41, 5.74) is 7.02. The Morgan fingerprint density at radius 2 is 2.55 bits per heavy atom. The first-order valence-electron chi connectivity index (χ1n) is 3.79. The van der Waals surface area contributed by atoms with Gasteiger partial charge in [-0.15, -0.1) is 11.3 Å². The van der Waals surface area contributed by atoms with Crippen molar-refractivity contribution in [2.45, 2.75) is 18.8 Å². The molecule has 0 bridgehead atoms. The van der Waals surface area contributed by atoms with Gasteiger partial charge in [-0.1, -0.05) is 11.6 Å². The fourth-order valence-electron chi connectivity index (χ4n) is 1.66. The van der Waals surface area contributed by atoms with Gasteiger partial charge in [-0.25, -0.2) is 0 Å². The Bertz CT molecular complexity index is 269. The van der Waals surface area contributed by atoms with Crippen molar-refractivity contribution in [3.63, 3.8) is 0 Å². The second-order valence-electron chi connectivity index (χ2n) is 2.90. The summed E-state index contributed by atoms with van der Waals surface area (Å²) in [6.07, 6.45) is 2.39. The van der Waals surface area contributed by atoms with Crippen molar-refractivity contribution in [3.05, 3.63) is 20.8 Å². The lowest BCUT2D eigenvalue weighted by atomic mass is 10.1. The van der Waals surface area contributed by atoms with Gasteiger partial charge in [0.05, 0.1) is 4.34 Å². The van der Waals surface area contributed by atoms with E-state index < -0.39 is 0 Å². The summed E-state index contributed by atoms with van der Waals surface area (Å²) in [6, 6.07) is 2.08. The van der Waals surface area contributed by atoms with Crippen molar-refractivity contribution in [1.29, 1.82) is 0 Å². The summed E-state index contributed by atoms with van der Waals surface area (Å²) in [6.45, 7) is 0.764. The van der Waals surface area contributed by atoms with Gasteiger partial charge >= 0.3 is 0 Å². The molecule has 1 unspecified atom stereocenters. The van der Waals surface area contributed by atoms with Gasteiger partial charge in [0, 0.05) is 4.88 Å². The number of halogens is 1. The third-order valence-electron chi connectivity index (χ3n) is 2.26. The first-order valence-corrected chi connectivity index (χ1v) is 4.99. The lowest BCUT2D eigenvalue weighted by Gasteiger charge is -2.03. The minimum atomic E-state index is 0.578. The molecule has 1 aliphatic carbocycles. The van der Waals surface area contributed by atoms with E-state index in [4.69, 9.17) is 17.3 Å². The minimum absolute atomic E-state index is 0.578. The van der Waals surface area contributed by atoms with E-state index >= 15 is 0 Å². The molecule has 3 heteroatoms. The van der Waals surface area contributed by atoms with Crippen molar-refractivity contribution >= 4 is 22.9 Å². The molecule has 0 aliphatic heterocycles. The van der Waals surface area contributed by atoms with Gasteiger partial charge in [-0.2, -0.15) is 0 Å². The molecule has 1 aromatic heterocycles.